The molecular formula is C50H56Cl2N7O9S2+. The predicted octanol–water partition coefficient (Wildman–Crippen LogP) is 8.36. The standard InChI is InChI=1S/C50H55Cl2N7O9S2/c1-5-9-23-56-45(63)35(16-12-11-13-17-36-46(64)57(24-10-6-2)50(68)59(48(36)66)31-44(61)62)47(65)58(49(56)67)30-41(60)53-22-14-15-25-55-38-29-34(52)19-21-40(38)70-43(55)27-32(7-3)26-42-54(8-4)37-28-33(51)18-20-39(37)69-42/h11-13,16-21,26-29H,5-10,14-15,22-25,30-31H2,1-4H3,(H2-,53,60,61,62,63,64,65,66)/p+1. The Balaban J connectivity index is 1.14. The predicted molar refractivity (Wildman–Crippen MR) is 275 cm³/mol. The number of barbiturate groups is 1. The number of thiazole rings is 1. The number of allylic oxidation sites excluding steroid dienone is 6. The first kappa shape index (κ1) is 53.1. The van der Waals surface area contributed by atoms with Crippen LogP contribution in [0.2, 0.25) is 10.0 Å². The van der Waals surface area contributed by atoms with Crippen molar-refractivity contribution in [2.75, 3.05) is 31.1 Å². The fourth-order valence-corrected chi connectivity index (χ4v) is 10.5. The van der Waals surface area contributed by atoms with Crippen LogP contribution in [-0.4, -0.2) is 85.0 Å². The number of carboxylic acids is 1. The Bertz CT molecular complexity index is 2970. The number of benzene rings is 2. The largest absolute Gasteiger partial charge is 0.494 e. The number of thioether (sulfide) groups is 1. The monoisotopic (exact) mass is 1030 g/mol. The van der Waals surface area contributed by atoms with E-state index in [1.165, 1.54) is 24.3 Å². The third-order valence-electron chi connectivity index (χ3n) is 11.5. The van der Waals surface area contributed by atoms with E-state index in [-0.39, 0.29) is 25.2 Å². The van der Waals surface area contributed by atoms with Crippen molar-refractivity contribution in [2.24, 2.45) is 0 Å². The quantitative estimate of drug-likeness (QED) is 0.0225. The molecule has 1 saturated heterocycles. The van der Waals surface area contributed by atoms with E-state index in [9.17, 15) is 43.8 Å². The molecule has 20 heteroatoms. The van der Waals surface area contributed by atoms with Crippen LogP contribution in [0.15, 0.2) is 97.4 Å². The molecule has 0 atom stereocenters. The number of amides is 5. The number of rotatable bonds is 22. The minimum atomic E-state index is -1.43. The number of imide groups is 2. The molecule has 2 aromatic heterocycles. The van der Waals surface area contributed by atoms with Crippen LogP contribution in [-0.2, 0) is 38.8 Å². The molecule has 2 aliphatic rings. The van der Waals surface area contributed by atoms with Crippen molar-refractivity contribution in [3.8, 4) is 5.88 Å². The number of aromatic nitrogens is 3. The van der Waals surface area contributed by atoms with Gasteiger partial charge in [0.25, 0.3) is 22.4 Å². The number of carbonyl (C=O) groups excluding carboxylic acids is 4. The highest BCUT2D eigenvalue weighted by Crippen LogP contribution is 2.47. The maximum Gasteiger partial charge on any atom is 0.334 e. The maximum absolute atomic E-state index is 13.6. The SMILES string of the molecule is CCCCN1C(=O)C(=CC=CC=Cc2c(O)n(CC(=O)NCCCC[n+]3c(C=C(C=C4Sc5ccc(Cl)cc5N4CC)CC)sc4ccc(Cl)cc43)c(=O)n(CCCC)c2=O)C(=O)N(CC(=O)O)C1=O. The molecule has 0 saturated carbocycles. The molecule has 370 valence electrons. The topological polar surface area (TPSA) is 195 Å². The van der Waals surface area contributed by atoms with Crippen LogP contribution in [0, 0.1) is 0 Å². The minimum absolute atomic E-state index is 0.0116. The fourth-order valence-electron chi connectivity index (χ4n) is 7.82. The van der Waals surface area contributed by atoms with Crippen molar-refractivity contribution in [3.63, 3.8) is 0 Å². The summed E-state index contributed by atoms with van der Waals surface area (Å²) in [5, 5.41) is 26.9. The normalized spacial score (nSPS) is 15.5. The van der Waals surface area contributed by atoms with E-state index in [0.717, 1.165) is 69.5 Å². The van der Waals surface area contributed by atoms with Crippen molar-refractivity contribution >= 4 is 104 Å². The van der Waals surface area contributed by atoms with Gasteiger partial charge in [-0.25, -0.2) is 14.5 Å². The van der Waals surface area contributed by atoms with Crippen LogP contribution in [0.1, 0.15) is 83.2 Å². The number of hydrogen-bond acceptors (Lipinski definition) is 11. The zero-order valence-electron chi connectivity index (χ0n) is 39.4. The molecule has 0 bridgehead atoms. The molecule has 0 aliphatic carbocycles. The van der Waals surface area contributed by atoms with Crippen LogP contribution in [0.5, 0.6) is 5.88 Å². The number of nitrogens with one attached hydrogen (secondary N) is 1. The van der Waals surface area contributed by atoms with E-state index >= 15 is 0 Å². The third-order valence-corrected chi connectivity index (χ3v) is 14.2. The zero-order chi connectivity index (χ0) is 50.6. The minimum Gasteiger partial charge on any atom is -0.494 e. The van der Waals surface area contributed by atoms with Crippen molar-refractivity contribution < 1.29 is 38.8 Å². The van der Waals surface area contributed by atoms with Gasteiger partial charge in [0, 0.05) is 59.7 Å². The zero-order valence-corrected chi connectivity index (χ0v) is 42.6. The molecule has 2 aliphatic heterocycles. The summed E-state index contributed by atoms with van der Waals surface area (Å²) in [7, 11) is 0. The Morgan fingerprint density at radius 3 is 2.24 bits per heavy atom. The molecule has 5 amide bonds. The van der Waals surface area contributed by atoms with Crippen LogP contribution < -0.4 is 26.0 Å². The number of unbranched alkanes of at least 4 members (excludes halogenated alkanes) is 3. The average molecular weight is 1030 g/mol. The summed E-state index contributed by atoms with van der Waals surface area (Å²) in [5.74, 6) is -4.66. The Labute approximate surface area is 423 Å². The molecule has 0 radical (unpaired) electrons. The summed E-state index contributed by atoms with van der Waals surface area (Å²) in [4.78, 5) is 95.5. The van der Waals surface area contributed by atoms with E-state index in [1.54, 1.807) is 23.1 Å². The van der Waals surface area contributed by atoms with Crippen molar-refractivity contribution in [1.82, 2.24) is 24.3 Å². The van der Waals surface area contributed by atoms with E-state index in [1.807, 2.05) is 44.2 Å². The summed E-state index contributed by atoms with van der Waals surface area (Å²) >= 11 is 16.2. The molecule has 3 N–H and O–H groups in total. The number of anilines is 1. The van der Waals surface area contributed by atoms with Gasteiger partial charge in [0.05, 0.1) is 10.7 Å². The second kappa shape index (κ2) is 24.6. The molecule has 70 heavy (non-hydrogen) atoms. The van der Waals surface area contributed by atoms with Gasteiger partial charge in [0.2, 0.25) is 17.3 Å². The summed E-state index contributed by atoms with van der Waals surface area (Å²) in [6.45, 7) is 8.21. The highest BCUT2D eigenvalue weighted by Gasteiger charge is 2.42. The molecule has 1 fully saturated rings. The van der Waals surface area contributed by atoms with Gasteiger partial charge in [0.1, 0.15) is 28.9 Å². The summed E-state index contributed by atoms with van der Waals surface area (Å²) < 4.78 is 5.12. The van der Waals surface area contributed by atoms with Crippen LogP contribution >= 0.6 is 46.3 Å². The molecule has 4 heterocycles. The van der Waals surface area contributed by atoms with Gasteiger partial charge in [0.15, 0.2) is 6.54 Å². The Kier molecular flexibility index (Phi) is 18.7. The van der Waals surface area contributed by atoms with E-state index < -0.39 is 65.5 Å². The lowest BCUT2D eigenvalue weighted by Crippen LogP contribution is -2.57. The number of aliphatic carboxylic acids is 1. The molecule has 2 aromatic carbocycles. The highest BCUT2D eigenvalue weighted by molar-refractivity contribution is 8.03. The number of hydrogen-bond donors (Lipinski definition) is 3. The van der Waals surface area contributed by atoms with E-state index in [4.69, 9.17) is 23.2 Å². The Hall–Kier alpha value is -6.21. The molecule has 0 unspecified atom stereocenters. The summed E-state index contributed by atoms with van der Waals surface area (Å²) in [6.07, 6.45) is 15.0. The number of nitrogens with zero attached hydrogens (tertiary/aromatic N) is 6. The van der Waals surface area contributed by atoms with Gasteiger partial charge in [-0.3, -0.25) is 38.0 Å². The Morgan fingerprint density at radius 1 is 0.814 bits per heavy atom. The third kappa shape index (κ3) is 12.4. The first-order valence-electron chi connectivity index (χ1n) is 23.2. The lowest BCUT2D eigenvalue weighted by Gasteiger charge is -2.32. The van der Waals surface area contributed by atoms with Gasteiger partial charge in [-0.05, 0) is 86.7 Å². The average Bonchev–Trinajstić information content (AvgIpc) is 3.85. The molecule has 0 spiro atoms. The van der Waals surface area contributed by atoms with Crippen molar-refractivity contribution in [2.45, 2.75) is 97.2 Å². The number of urea groups is 1. The first-order chi connectivity index (χ1) is 33.6. The summed E-state index contributed by atoms with van der Waals surface area (Å²) in [5.41, 5.74) is 0.900. The van der Waals surface area contributed by atoms with Gasteiger partial charge in [-0.2, -0.15) is 4.57 Å². The van der Waals surface area contributed by atoms with E-state index in [2.05, 4.69) is 46.8 Å². The second-order valence-corrected chi connectivity index (χ2v) is 19.4. The number of halogens is 2. The number of carbonyl (C=O) groups is 5. The van der Waals surface area contributed by atoms with Crippen LogP contribution in [0.25, 0.3) is 22.4 Å². The molecule has 16 nitrogen and oxygen atoms in total. The van der Waals surface area contributed by atoms with Crippen molar-refractivity contribution in [3.05, 3.63) is 124 Å². The molecule has 4 aromatic rings. The number of aryl methyl sites for hydroxylation is 1. The second-order valence-electron chi connectivity index (χ2n) is 16.4. The number of carboxylic acid groups (broad SMARTS) is 1. The molecular weight excluding hydrogens is 978 g/mol. The summed E-state index contributed by atoms with van der Waals surface area (Å²) in [6, 6.07) is 10.8. The van der Waals surface area contributed by atoms with Gasteiger partial charge in [-0.15, -0.1) is 0 Å². The van der Waals surface area contributed by atoms with Crippen LogP contribution in [0.4, 0.5) is 10.5 Å². The molecule has 6 rings (SSSR count). The lowest BCUT2D eigenvalue weighted by molar-refractivity contribution is -0.669. The maximum atomic E-state index is 13.6. The van der Waals surface area contributed by atoms with Crippen LogP contribution in [0.3, 0.4) is 0 Å². The number of aromatic hydroxyl groups is 1. The van der Waals surface area contributed by atoms with Gasteiger partial charge < -0.3 is 20.4 Å². The fraction of sp³-hybridized carbons (Fsp3) is 0.360. The highest BCUT2D eigenvalue weighted by atomic mass is 35.5. The number of fused-ring (bicyclic) bond motifs is 2. The van der Waals surface area contributed by atoms with Gasteiger partial charge in [-0.1, -0.05) is 98.1 Å². The first-order valence-corrected chi connectivity index (χ1v) is 25.6. The van der Waals surface area contributed by atoms with Gasteiger partial charge >= 0.3 is 17.7 Å². The Morgan fingerprint density at radius 2 is 1.53 bits per heavy atom. The van der Waals surface area contributed by atoms with E-state index in [0.29, 0.717) is 60.0 Å². The lowest BCUT2D eigenvalue weighted by atomic mass is 10.1. The van der Waals surface area contributed by atoms with Crippen molar-refractivity contribution in [1.29, 1.82) is 0 Å². The smallest absolute Gasteiger partial charge is 0.334 e.